The van der Waals surface area contributed by atoms with Gasteiger partial charge < -0.3 is 11.1 Å². The van der Waals surface area contributed by atoms with E-state index >= 15 is 0 Å². The molecule has 2 rings (SSSR count). The van der Waals surface area contributed by atoms with E-state index in [4.69, 9.17) is 11.0 Å². The lowest BCUT2D eigenvalue weighted by molar-refractivity contribution is 0.102. The van der Waals surface area contributed by atoms with Gasteiger partial charge in [-0.1, -0.05) is 17.9 Å². The summed E-state index contributed by atoms with van der Waals surface area (Å²) in [5.74, 6) is 5.41. The lowest BCUT2D eigenvalue weighted by Gasteiger charge is -2.05. The summed E-state index contributed by atoms with van der Waals surface area (Å²) in [6, 6.07) is 15.7. The Labute approximate surface area is 123 Å². The van der Waals surface area contributed by atoms with E-state index < -0.39 is 0 Å². The van der Waals surface area contributed by atoms with Gasteiger partial charge in [-0.15, -0.1) is 0 Å². The van der Waals surface area contributed by atoms with Crippen molar-refractivity contribution >= 4 is 11.6 Å². The van der Waals surface area contributed by atoms with Crippen LogP contribution in [0, 0.1) is 23.2 Å². The summed E-state index contributed by atoms with van der Waals surface area (Å²) in [5.41, 5.74) is 7.73. The zero-order chi connectivity index (χ0) is 15.1. The van der Waals surface area contributed by atoms with Crippen molar-refractivity contribution in [2.24, 2.45) is 5.73 Å². The molecule has 0 aromatic heterocycles. The van der Waals surface area contributed by atoms with Crippen molar-refractivity contribution in [1.82, 2.24) is 0 Å². The first-order chi connectivity index (χ1) is 10.2. The van der Waals surface area contributed by atoms with Gasteiger partial charge in [-0.05, 0) is 42.5 Å². The fourth-order valence-electron chi connectivity index (χ4n) is 1.73. The average molecular weight is 275 g/mol. The number of benzene rings is 2. The molecule has 2 aromatic rings. The Morgan fingerprint density at radius 1 is 1.14 bits per heavy atom. The molecule has 21 heavy (non-hydrogen) atoms. The molecule has 0 bridgehead atoms. The van der Waals surface area contributed by atoms with Crippen molar-refractivity contribution in [3.8, 4) is 17.9 Å². The fourth-order valence-corrected chi connectivity index (χ4v) is 1.73. The molecule has 0 aliphatic rings. The maximum atomic E-state index is 12.1. The third-order valence-corrected chi connectivity index (χ3v) is 2.73. The second-order valence-corrected chi connectivity index (χ2v) is 4.23. The molecule has 0 saturated carbocycles. The summed E-state index contributed by atoms with van der Waals surface area (Å²) in [6.45, 7) is 0.303. The van der Waals surface area contributed by atoms with Crippen LogP contribution in [0.15, 0.2) is 48.5 Å². The van der Waals surface area contributed by atoms with Crippen molar-refractivity contribution in [2.45, 2.75) is 0 Å². The van der Waals surface area contributed by atoms with Gasteiger partial charge in [-0.3, -0.25) is 4.79 Å². The molecule has 0 fully saturated rings. The summed E-state index contributed by atoms with van der Waals surface area (Å²) >= 11 is 0. The second kappa shape index (κ2) is 6.91. The number of nitrogens with two attached hydrogens (primary N) is 1. The van der Waals surface area contributed by atoms with E-state index in [2.05, 4.69) is 17.2 Å². The van der Waals surface area contributed by atoms with E-state index in [1.54, 1.807) is 48.5 Å². The van der Waals surface area contributed by atoms with Gasteiger partial charge in [-0.2, -0.15) is 5.26 Å². The van der Waals surface area contributed by atoms with Crippen LogP contribution in [0.2, 0.25) is 0 Å². The van der Waals surface area contributed by atoms with Crippen molar-refractivity contribution < 1.29 is 4.79 Å². The van der Waals surface area contributed by atoms with Gasteiger partial charge in [0.1, 0.15) is 0 Å². The minimum atomic E-state index is -0.233. The van der Waals surface area contributed by atoms with Crippen LogP contribution >= 0.6 is 0 Å². The molecular formula is C17H13N3O. The molecule has 0 aliphatic heterocycles. The normalized spacial score (nSPS) is 9.14. The summed E-state index contributed by atoms with van der Waals surface area (Å²) in [4.78, 5) is 12.1. The van der Waals surface area contributed by atoms with Crippen LogP contribution in [0.25, 0.3) is 0 Å². The standard InChI is InChI=1S/C17H13N3O/c18-10-2-4-13-6-8-15(9-7-13)17(21)20-16-5-1-3-14(11-16)12-19/h1,3,5-9,11H,10,18H2,(H,20,21). The number of hydrogen-bond donors (Lipinski definition) is 2. The van der Waals surface area contributed by atoms with Gasteiger partial charge in [-0.25, -0.2) is 0 Å². The number of carbonyl (C=O) groups excluding carboxylic acids is 1. The SMILES string of the molecule is N#Cc1cccc(NC(=O)c2ccc(C#CCN)cc2)c1. The van der Waals surface area contributed by atoms with Gasteiger partial charge in [0.15, 0.2) is 0 Å². The summed E-state index contributed by atoms with van der Waals surface area (Å²) in [5, 5.41) is 11.6. The highest BCUT2D eigenvalue weighted by Crippen LogP contribution is 2.12. The topological polar surface area (TPSA) is 78.9 Å². The Balaban J connectivity index is 2.11. The molecule has 2 aromatic carbocycles. The second-order valence-electron chi connectivity index (χ2n) is 4.23. The number of nitriles is 1. The lowest BCUT2D eigenvalue weighted by atomic mass is 10.1. The molecule has 1 amide bonds. The van der Waals surface area contributed by atoms with E-state index in [0.29, 0.717) is 23.4 Å². The predicted molar refractivity (Wildman–Crippen MR) is 81.5 cm³/mol. The average Bonchev–Trinajstić information content (AvgIpc) is 2.53. The molecule has 0 saturated heterocycles. The van der Waals surface area contributed by atoms with Crippen molar-refractivity contribution in [1.29, 1.82) is 5.26 Å². The number of rotatable bonds is 2. The van der Waals surface area contributed by atoms with Gasteiger partial charge in [0.2, 0.25) is 0 Å². The maximum Gasteiger partial charge on any atom is 0.255 e. The lowest BCUT2D eigenvalue weighted by Crippen LogP contribution is -2.11. The van der Waals surface area contributed by atoms with E-state index in [1.165, 1.54) is 0 Å². The van der Waals surface area contributed by atoms with Crippen LogP contribution in [0.1, 0.15) is 21.5 Å². The van der Waals surface area contributed by atoms with Gasteiger partial charge in [0.25, 0.3) is 5.91 Å². The van der Waals surface area contributed by atoms with Crippen LogP contribution in [-0.2, 0) is 0 Å². The quantitative estimate of drug-likeness (QED) is 0.824. The summed E-state index contributed by atoms with van der Waals surface area (Å²) in [6.07, 6.45) is 0. The first kappa shape index (κ1) is 14.3. The van der Waals surface area contributed by atoms with Crippen LogP contribution < -0.4 is 11.1 Å². The maximum absolute atomic E-state index is 12.1. The first-order valence-electron chi connectivity index (χ1n) is 6.33. The van der Waals surface area contributed by atoms with E-state index in [9.17, 15) is 4.79 Å². The zero-order valence-electron chi connectivity index (χ0n) is 11.3. The van der Waals surface area contributed by atoms with Crippen LogP contribution in [0.3, 0.4) is 0 Å². The fraction of sp³-hybridized carbons (Fsp3) is 0.0588. The molecule has 3 N–H and O–H groups in total. The summed E-state index contributed by atoms with van der Waals surface area (Å²) in [7, 11) is 0. The van der Waals surface area contributed by atoms with Crippen LogP contribution in [-0.4, -0.2) is 12.5 Å². The Morgan fingerprint density at radius 3 is 2.57 bits per heavy atom. The van der Waals surface area contributed by atoms with Crippen LogP contribution in [0.4, 0.5) is 5.69 Å². The summed E-state index contributed by atoms with van der Waals surface area (Å²) < 4.78 is 0. The van der Waals surface area contributed by atoms with Gasteiger partial charge in [0, 0.05) is 16.8 Å². The minimum Gasteiger partial charge on any atom is -0.322 e. The van der Waals surface area contributed by atoms with Gasteiger partial charge in [0.05, 0.1) is 18.2 Å². The molecule has 4 nitrogen and oxygen atoms in total. The molecule has 0 atom stereocenters. The highest BCUT2D eigenvalue weighted by molar-refractivity contribution is 6.04. The molecule has 0 heterocycles. The number of amides is 1. The number of nitrogens with one attached hydrogen (secondary N) is 1. The smallest absolute Gasteiger partial charge is 0.255 e. The molecule has 0 unspecified atom stereocenters. The number of hydrogen-bond acceptors (Lipinski definition) is 3. The van der Waals surface area contributed by atoms with Crippen LogP contribution in [0.5, 0.6) is 0 Å². The number of nitrogens with zero attached hydrogens (tertiary/aromatic N) is 1. The highest BCUT2D eigenvalue weighted by atomic mass is 16.1. The van der Waals surface area contributed by atoms with E-state index in [-0.39, 0.29) is 5.91 Å². The van der Waals surface area contributed by atoms with Crippen molar-refractivity contribution in [2.75, 3.05) is 11.9 Å². The molecule has 0 radical (unpaired) electrons. The molecule has 0 spiro atoms. The minimum absolute atomic E-state index is 0.233. The molecular weight excluding hydrogens is 262 g/mol. The molecule has 4 heteroatoms. The van der Waals surface area contributed by atoms with E-state index in [0.717, 1.165) is 5.56 Å². The van der Waals surface area contributed by atoms with Crippen molar-refractivity contribution in [3.05, 3.63) is 65.2 Å². The van der Waals surface area contributed by atoms with E-state index in [1.807, 2.05) is 6.07 Å². The predicted octanol–water partition coefficient (Wildman–Crippen LogP) is 2.12. The third kappa shape index (κ3) is 3.94. The molecule has 102 valence electrons. The Bertz CT molecular complexity index is 746. The molecule has 0 aliphatic carbocycles. The number of anilines is 1. The monoisotopic (exact) mass is 275 g/mol. The Morgan fingerprint density at radius 2 is 1.90 bits per heavy atom. The number of carbonyl (C=O) groups is 1. The van der Waals surface area contributed by atoms with Crippen molar-refractivity contribution in [3.63, 3.8) is 0 Å². The third-order valence-electron chi connectivity index (χ3n) is 2.73. The Kier molecular flexibility index (Phi) is 4.71. The Hall–Kier alpha value is -3.08. The first-order valence-corrected chi connectivity index (χ1v) is 6.33. The zero-order valence-corrected chi connectivity index (χ0v) is 11.3. The highest BCUT2D eigenvalue weighted by Gasteiger charge is 2.06. The largest absolute Gasteiger partial charge is 0.322 e. The van der Waals surface area contributed by atoms with Gasteiger partial charge >= 0.3 is 0 Å².